The minimum Gasteiger partial charge on any atom is -0.341 e. The summed E-state index contributed by atoms with van der Waals surface area (Å²) in [6.45, 7) is 2.60. The smallest absolute Gasteiger partial charge is 0.240 e. The third kappa shape index (κ3) is 4.87. The van der Waals surface area contributed by atoms with Crippen molar-refractivity contribution >= 4 is 21.7 Å². The van der Waals surface area contributed by atoms with Crippen molar-refractivity contribution in [2.45, 2.75) is 37.5 Å². The van der Waals surface area contributed by atoms with E-state index in [9.17, 15) is 18.0 Å². The number of hydrogen-bond donors (Lipinski definition) is 1. The van der Waals surface area contributed by atoms with E-state index in [4.69, 9.17) is 0 Å². The molecule has 0 radical (unpaired) electrons. The van der Waals surface area contributed by atoms with Gasteiger partial charge in [0.05, 0.1) is 4.90 Å². The maximum Gasteiger partial charge on any atom is 0.240 e. The Bertz CT molecular complexity index is 685. The zero-order valence-corrected chi connectivity index (χ0v) is 14.1. The molecule has 1 aliphatic rings. The van der Waals surface area contributed by atoms with Crippen molar-refractivity contribution in [3.05, 3.63) is 29.8 Å². The molecule has 0 atom stereocenters. The molecular weight excluding hydrogens is 316 g/mol. The number of nitrogens with one attached hydrogen (secondary N) is 1. The molecular formula is C16H22N2O4S. The van der Waals surface area contributed by atoms with Crippen molar-refractivity contribution in [3.63, 3.8) is 0 Å². The molecule has 6 nitrogen and oxygen atoms in total. The molecule has 0 bridgehead atoms. The van der Waals surface area contributed by atoms with Gasteiger partial charge in [0.2, 0.25) is 15.9 Å². The number of carbonyl (C=O) groups is 2. The van der Waals surface area contributed by atoms with E-state index < -0.39 is 10.0 Å². The van der Waals surface area contributed by atoms with Crippen LogP contribution in [0, 0.1) is 0 Å². The van der Waals surface area contributed by atoms with Crippen LogP contribution in [0.25, 0.3) is 0 Å². The highest BCUT2D eigenvalue weighted by Gasteiger charge is 2.18. The van der Waals surface area contributed by atoms with Gasteiger partial charge in [0.25, 0.3) is 0 Å². The van der Waals surface area contributed by atoms with Crippen LogP contribution in [0.4, 0.5) is 0 Å². The molecule has 1 aromatic carbocycles. The number of rotatable bonds is 6. The summed E-state index contributed by atoms with van der Waals surface area (Å²) in [4.78, 5) is 25.0. The van der Waals surface area contributed by atoms with Gasteiger partial charge in [0, 0.05) is 31.6 Å². The van der Waals surface area contributed by atoms with Gasteiger partial charge in [0.1, 0.15) is 0 Å². The summed E-state index contributed by atoms with van der Waals surface area (Å²) in [5.74, 6) is -0.0995. The van der Waals surface area contributed by atoms with Crippen LogP contribution in [0.15, 0.2) is 29.2 Å². The van der Waals surface area contributed by atoms with E-state index in [0.717, 1.165) is 19.3 Å². The van der Waals surface area contributed by atoms with E-state index >= 15 is 0 Å². The first-order valence-electron chi connectivity index (χ1n) is 7.78. The zero-order valence-electron chi connectivity index (χ0n) is 13.2. The lowest BCUT2D eigenvalue weighted by molar-refractivity contribution is -0.130. The van der Waals surface area contributed by atoms with Crippen LogP contribution < -0.4 is 4.72 Å². The predicted molar refractivity (Wildman–Crippen MR) is 86.7 cm³/mol. The second-order valence-electron chi connectivity index (χ2n) is 5.67. The lowest BCUT2D eigenvalue weighted by atomic mass is 10.2. The largest absolute Gasteiger partial charge is 0.341 e. The number of hydrogen-bond acceptors (Lipinski definition) is 4. The molecule has 1 fully saturated rings. The molecule has 0 saturated carbocycles. The topological polar surface area (TPSA) is 83.6 Å². The Hall–Kier alpha value is -1.73. The van der Waals surface area contributed by atoms with Gasteiger partial charge < -0.3 is 4.90 Å². The average molecular weight is 338 g/mol. The molecule has 1 aromatic rings. The summed E-state index contributed by atoms with van der Waals surface area (Å²) in [6.07, 6.45) is 3.43. The lowest BCUT2D eigenvalue weighted by Gasteiger charge is -2.20. The van der Waals surface area contributed by atoms with E-state index in [2.05, 4.69) is 4.72 Å². The minimum atomic E-state index is -3.68. The highest BCUT2D eigenvalue weighted by Crippen LogP contribution is 2.13. The molecule has 0 aromatic heterocycles. The Morgan fingerprint density at radius 3 is 2.78 bits per heavy atom. The molecule has 0 spiro atoms. The predicted octanol–water partition coefficient (Wildman–Crippen LogP) is 1.57. The Balaban J connectivity index is 1.97. The number of amides is 1. The molecule has 1 heterocycles. The van der Waals surface area contributed by atoms with Crippen LogP contribution in [0.2, 0.25) is 0 Å². The van der Waals surface area contributed by atoms with Gasteiger partial charge in [-0.05, 0) is 31.9 Å². The fourth-order valence-corrected chi connectivity index (χ4v) is 3.62. The Kier molecular flexibility index (Phi) is 5.90. The third-order valence-corrected chi connectivity index (χ3v) is 5.35. The molecule has 1 aliphatic heterocycles. The Labute approximate surface area is 136 Å². The van der Waals surface area contributed by atoms with Gasteiger partial charge in [-0.3, -0.25) is 9.59 Å². The molecule has 0 unspecified atom stereocenters. The van der Waals surface area contributed by atoms with Gasteiger partial charge in [-0.2, -0.15) is 0 Å². The normalized spacial score (nSPS) is 16.2. The second kappa shape index (κ2) is 7.70. The molecule has 2 rings (SSSR count). The van der Waals surface area contributed by atoms with Crippen LogP contribution >= 0.6 is 0 Å². The maximum atomic E-state index is 12.3. The fourth-order valence-electron chi connectivity index (χ4n) is 2.56. The Morgan fingerprint density at radius 2 is 2.04 bits per heavy atom. The maximum absolute atomic E-state index is 12.3. The number of likely N-dealkylation sites (tertiary alicyclic amines) is 1. The molecule has 1 saturated heterocycles. The molecule has 7 heteroatoms. The summed E-state index contributed by atoms with van der Waals surface area (Å²) in [5.41, 5.74) is 0.357. The lowest BCUT2D eigenvalue weighted by Crippen LogP contribution is -2.38. The monoisotopic (exact) mass is 338 g/mol. The van der Waals surface area contributed by atoms with Crippen molar-refractivity contribution in [2.24, 2.45) is 0 Å². The second-order valence-corrected chi connectivity index (χ2v) is 7.44. The van der Waals surface area contributed by atoms with Gasteiger partial charge in [0.15, 0.2) is 5.78 Å². The number of sulfonamides is 1. The van der Waals surface area contributed by atoms with Gasteiger partial charge in [-0.1, -0.05) is 18.6 Å². The first-order valence-corrected chi connectivity index (χ1v) is 9.27. The van der Waals surface area contributed by atoms with Crippen molar-refractivity contribution in [1.82, 2.24) is 9.62 Å². The Morgan fingerprint density at radius 1 is 1.26 bits per heavy atom. The minimum absolute atomic E-state index is 0.0624. The number of ketones is 1. The zero-order chi connectivity index (χ0) is 16.9. The summed E-state index contributed by atoms with van der Waals surface area (Å²) < 4.78 is 27.0. The SMILES string of the molecule is CC(=O)c1cccc(S(=O)(=O)NCCN2CCCCCC2=O)c1. The van der Waals surface area contributed by atoms with Crippen LogP contribution in [0.5, 0.6) is 0 Å². The first kappa shape index (κ1) is 17.6. The average Bonchev–Trinajstić information content (AvgIpc) is 2.72. The standard InChI is InChI=1S/C16H22N2O4S/c1-13(19)14-6-5-7-15(12-14)23(21,22)17-9-11-18-10-4-2-3-8-16(18)20/h5-7,12,17H,2-4,8-11H2,1H3. The van der Waals surface area contributed by atoms with Crippen molar-refractivity contribution in [3.8, 4) is 0 Å². The van der Waals surface area contributed by atoms with Crippen LogP contribution in [0.3, 0.4) is 0 Å². The number of nitrogens with zero attached hydrogens (tertiary/aromatic N) is 1. The van der Waals surface area contributed by atoms with Crippen molar-refractivity contribution in [1.29, 1.82) is 0 Å². The van der Waals surface area contributed by atoms with Crippen molar-refractivity contribution in [2.75, 3.05) is 19.6 Å². The van der Waals surface area contributed by atoms with Crippen LogP contribution in [-0.2, 0) is 14.8 Å². The molecule has 0 aliphatic carbocycles. The van der Waals surface area contributed by atoms with Gasteiger partial charge in [-0.25, -0.2) is 13.1 Å². The van der Waals surface area contributed by atoms with E-state index in [1.165, 1.54) is 19.1 Å². The fraction of sp³-hybridized carbons (Fsp3) is 0.500. The summed E-state index contributed by atoms with van der Waals surface area (Å²) in [5, 5.41) is 0. The summed E-state index contributed by atoms with van der Waals surface area (Å²) in [6, 6.07) is 5.94. The number of Topliss-reactive ketones (excluding diaryl/α,β-unsaturated/α-hetero) is 1. The van der Waals surface area contributed by atoms with E-state index in [0.29, 0.717) is 25.1 Å². The summed E-state index contributed by atoms with van der Waals surface area (Å²) >= 11 is 0. The number of carbonyl (C=O) groups excluding carboxylic acids is 2. The van der Waals surface area contributed by atoms with Crippen LogP contribution in [-0.4, -0.2) is 44.6 Å². The molecule has 1 N–H and O–H groups in total. The highest BCUT2D eigenvalue weighted by molar-refractivity contribution is 7.89. The quantitative estimate of drug-likeness (QED) is 0.798. The summed E-state index contributed by atoms with van der Waals surface area (Å²) in [7, 11) is -3.68. The first-order chi connectivity index (χ1) is 10.9. The highest BCUT2D eigenvalue weighted by atomic mass is 32.2. The van der Waals surface area contributed by atoms with Crippen molar-refractivity contribution < 1.29 is 18.0 Å². The molecule has 126 valence electrons. The molecule has 1 amide bonds. The molecule has 23 heavy (non-hydrogen) atoms. The van der Waals surface area contributed by atoms with E-state index in [-0.39, 0.29) is 23.1 Å². The van der Waals surface area contributed by atoms with E-state index in [1.807, 2.05) is 0 Å². The van der Waals surface area contributed by atoms with Gasteiger partial charge >= 0.3 is 0 Å². The third-order valence-electron chi connectivity index (χ3n) is 3.90. The van der Waals surface area contributed by atoms with Gasteiger partial charge in [-0.15, -0.1) is 0 Å². The van der Waals surface area contributed by atoms with E-state index in [1.54, 1.807) is 17.0 Å². The number of benzene rings is 1. The van der Waals surface area contributed by atoms with Crippen LogP contribution in [0.1, 0.15) is 43.0 Å².